The van der Waals surface area contributed by atoms with Crippen molar-refractivity contribution in [2.24, 2.45) is 11.8 Å². The summed E-state index contributed by atoms with van der Waals surface area (Å²) in [7, 11) is 0. The van der Waals surface area contributed by atoms with Crippen LogP contribution in [0, 0.1) is 24.6 Å². The predicted molar refractivity (Wildman–Crippen MR) is 65.0 cm³/mol. The summed E-state index contributed by atoms with van der Waals surface area (Å²) < 4.78 is 13.2. The van der Waals surface area contributed by atoms with Gasteiger partial charge in [-0.25, -0.2) is 4.39 Å². The number of rotatable bonds is 2. The number of piperidine rings is 1. The maximum absolute atomic E-state index is 13.2. The Morgan fingerprint density at radius 3 is 2.94 bits per heavy atom. The number of hydrogen-bond donors (Lipinski definition) is 1. The molecule has 1 heterocycles. The Morgan fingerprint density at radius 2 is 2.19 bits per heavy atom. The third-order valence-electron chi connectivity index (χ3n) is 3.48. The Kier molecular flexibility index (Phi) is 3.59. The first kappa shape index (κ1) is 11.6. The van der Waals surface area contributed by atoms with Gasteiger partial charge >= 0.3 is 0 Å². The van der Waals surface area contributed by atoms with Gasteiger partial charge in [-0.15, -0.1) is 0 Å². The Bertz CT molecular complexity index is 362. The van der Waals surface area contributed by atoms with Crippen LogP contribution in [-0.2, 0) is 6.42 Å². The quantitative estimate of drug-likeness (QED) is 0.809. The standard InChI is InChI=1S/C14H20FN/c1-10-5-12(9-16-8-10)6-13-7-14(15)4-3-11(13)2/h3-4,7,10,12,16H,5-6,8-9H2,1-2H3. The monoisotopic (exact) mass is 221 g/mol. The van der Waals surface area contributed by atoms with Gasteiger partial charge in [0.1, 0.15) is 5.82 Å². The van der Waals surface area contributed by atoms with Crippen molar-refractivity contribution >= 4 is 0 Å². The first-order valence-electron chi connectivity index (χ1n) is 6.11. The highest BCUT2D eigenvalue weighted by molar-refractivity contribution is 5.27. The second-order valence-corrected chi connectivity index (χ2v) is 5.14. The zero-order valence-electron chi connectivity index (χ0n) is 10.1. The van der Waals surface area contributed by atoms with Gasteiger partial charge < -0.3 is 5.32 Å². The molecule has 0 aliphatic carbocycles. The van der Waals surface area contributed by atoms with Crippen LogP contribution in [0.3, 0.4) is 0 Å². The third kappa shape index (κ3) is 2.82. The molecule has 2 unspecified atom stereocenters. The van der Waals surface area contributed by atoms with Crippen LogP contribution in [0.25, 0.3) is 0 Å². The summed E-state index contributed by atoms with van der Waals surface area (Å²) in [6.07, 6.45) is 2.25. The van der Waals surface area contributed by atoms with E-state index in [1.54, 1.807) is 12.1 Å². The molecular weight excluding hydrogens is 201 g/mol. The first-order chi connectivity index (χ1) is 7.65. The number of benzene rings is 1. The molecule has 0 radical (unpaired) electrons. The van der Waals surface area contributed by atoms with E-state index in [-0.39, 0.29) is 5.82 Å². The van der Waals surface area contributed by atoms with E-state index >= 15 is 0 Å². The van der Waals surface area contributed by atoms with Crippen molar-refractivity contribution in [3.8, 4) is 0 Å². The lowest BCUT2D eigenvalue weighted by Crippen LogP contribution is -2.36. The topological polar surface area (TPSA) is 12.0 Å². The molecule has 1 N–H and O–H groups in total. The second kappa shape index (κ2) is 4.96. The van der Waals surface area contributed by atoms with Crippen molar-refractivity contribution in [2.45, 2.75) is 26.7 Å². The van der Waals surface area contributed by atoms with Gasteiger partial charge in [0.2, 0.25) is 0 Å². The maximum atomic E-state index is 13.2. The number of aryl methyl sites for hydroxylation is 1. The van der Waals surface area contributed by atoms with E-state index in [0.717, 1.165) is 25.4 Å². The summed E-state index contributed by atoms with van der Waals surface area (Å²) in [5.41, 5.74) is 2.38. The highest BCUT2D eigenvalue weighted by Gasteiger charge is 2.19. The van der Waals surface area contributed by atoms with Crippen LogP contribution in [0.4, 0.5) is 4.39 Å². The highest BCUT2D eigenvalue weighted by Crippen LogP contribution is 2.22. The summed E-state index contributed by atoms with van der Waals surface area (Å²) in [6.45, 7) is 6.53. The molecule has 0 aromatic heterocycles. The van der Waals surface area contributed by atoms with Gasteiger partial charge in [-0.1, -0.05) is 13.0 Å². The third-order valence-corrected chi connectivity index (χ3v) is 3.48. The lowest BCUT2D eigenvalue weighted by molar-refractivity contribution is 0.301. The van der Waals surface area contributed by atoms with E-state index in [0.29, 0.717) is 5.92 Å². The Balaban J connectivity index is 2.05. The Hall–Kier alpha value is -0.890. The average molecular weight is 221 g/mol. The van der Waals surface area contributed by atoms with Crippen molar-refractivity contribution in [3.05, 3.63) is 35.1 Å². The molecule has 1 aromatic carbocycles. The fraction of sp³-hybridized carbons (Fsp3) is 0.571. The minimum absolute atomic E-state index is 0.114. The Labute approximate surface area is 97.1 Å². The van der Waals surface area contributed by atoms with Gasteiger partial charge in [0.25, 0.3) is 0 Å². The fourth-order valence-electron chi connectivity index (χ4n) is 2.60. The van der Waals surface area contributed by atoms with Crippen LogP contribution in [0.15, 0.2) is 18.2 Å². The number of hydrogen-bond acceptors (Lipinski definition) is 1. The maximum Gasteiger partial charge on any atom is 0.123 e. The fourth-order valence-corrected chi connectivity index (χ4v) is 2.60. The first-order valence-corrected chi connectivity index (χ1v) is 6.11. The summed E-state index contributed by atoms with van der Waals surface area (Å²) in [5.74, 6) is 1.29. The van der Waals surface area contributed by atoms with Gasteiger partial charge in [-0.05, 0) is 68.0 Å². The molecule has 1 aliphatic rings. The zero-order valence-corrected chi connectivity index (χ0v) is 10.1. The molecule has 1 aromatic rings. The van der Waals surface area contributed by atoms with E-state index < -0.39 is 0 Å². The average Bonchev–Trinajstić information content (AvgIpc) is 2.24. The summed E-state index contributed by atoms with van der Waals surface area (Å²) >= 11 is 0. The van der Waals surface area contributed by atoms with Crippen molar-refractivity contribution < 1.29 is 4.39 Å². The normalized spacial score (nSPS) is 25.7. The lowest BCUT2D eigenvalue weighted by Gasteiger charge is -2.28. The molecule has 1 aliphatic heterocycles. The largest absolute Gasteiger partial charge is 0.316 e. The second-order valence-electron chi connectivity index (χ2n) is 5.14. The molecule has 1 saturated heterocycles. The van der Waals surface area contributed by atoms with Gasteiger partial charge in [0.05, 0.1) is 0 Å². The van der Waals surface area contributed by atoms with Gasteiger partial charge in [0.15, 0.2) is 0 Å². The van der Waals surface area contributed by atoms with Crippen molar-refractivity contribution in [1.82, 2.24) is 5.32 Å². The highest BCUT2D eigenvalue weighted by atomic mass is 19.1. The van der Waals surface area contributed by atoms with E-state index in [1.165, 1.54) is 17.5 Å². The van der Waals surface area contributed by atoms with Gasteiger partial charge in [0, 0.05) is 0 Å². The van der Waals surface area contributed by atoms with Crippen LogP contribution in [0.1, 0.15) is 24.5 Å². The van der Waals surface area contributed by atoms with Crippen molar-refractivity contribution in [1.29, 1.82) is 0 Å². The molecule has 0 saturated carbocycles. The molecule has 0 bridgehead atoms. The molecule has 2 atom stereocenters. The van der Waals surface area contributed by atoms with E-state index in [1.807, 2.05) is 6.07 Å². The molecular formula is C14H20FN. The molecule has 0 spiro atoms. The zero-order chi connectivity index (χ0) is 11.5. The summed E-state index contributed by atoms with van der Waals surface area (Å²) in [5, 5.41) is 3.45. The van der Waals surface area contributed by atoms with E-state index in [4.69, 9.17) is 0 Å². The van der Waals surface area contributed by atoms with E-state index in [2.05, 4.69) is 19.2 Å². The molecule has 1 fully saturated rings. The molecule has 0 amide bonds. The Morgan fingerprint density at radius 1 is 1.38 bits per heavy atom. The molecule has 16 heavy (non-hydrogen) atoms. The molecule has 88 valence electrons. The van der Waals surface area contributed by atoms with Gasteiger partial charge in [-0.2, -0.15) is 0 Å². The lowest BCUT2D eigenvalue weighted by atomic mass is 9.86. The van der Waals surface area contributed by atoms with E-state index in [9.17, 15) is 4.39 Å². The number of nitrogens with one attached hydrogen (secondary N) is 1. The SMILES string of the molecule is Cc1ccc(F)cc1CC1CNCC(C)C1. The van der Waals surface area contributed by atoms with Crippen LogP contribution >= 0.6 is 0 Å². The van der Waals surface area contributed by atoms with Crippen LogP contribution in [-0.4, -0.2) is 13.1 Å². The smallest absolute Gasteiger partial charge is 0.123 e. The van der Waals surface area contributed by atoms with Crippen molar-refractivity contribution in [3.63, 3.8) is 0 Å². The molecule has 1 nitrogen and oxygen atoms in total. The number of halogens is 1. The summed E-state index contributed by atoms with van der Waals surface area (Å²) in [4.78, 5) is 0. The minimum Gasteiger partial charge on any atom is -0.316 e. The molecule has 2 rings (SSSR count). The predicted octanol–water partition coefficient (Wildman–Crippen LogP) is 2.92. The van der Waals surface area contributed by atoms with Gasteiger partial charge in [-0.3, -0.25) is 0 Å². The van der Waals surface area contributed by atoms with Crippen molar-refractivity contribution in [2.75, 3.05) is 13.1 Å². The molecule has 2 heteroatoms. The van der Waals surface area contributed by atoms with Crippen LogP contribution < -0.4 is 5.32 Å². The van der Waals surface area contributed by atoms with Crippen LogP contribution in [0.2, 0.25) is 0 Å². The minimum atomic E-state index is -0.114. The van der Waals surface area contributed by atoms with Crippen LogP contribution in [0.5, 0.6) is 0 Å². The summed E-state index contributed by atoms with van der Waals surface area (Å²) in [6, 6.07) is 5.11.